The zero-order valence-electron chi connectivity index (χ0n) is 18.5. The summed E-state index contributed by atoms with van der Waals surface area (Å²) in [7, 11) is 0. The molecule has 1 N–H and O–H groups in total. The van der Waals surface area contributed by atoms with E-state index < -0.39 is 5.97 Å². The molecule has 0 bridgehead atoms. The van der Waals surface area contributed by atoms with Gasteiger partial charge in [-0.2, -0.15) is 0 Å². The molecule has 0 aromatic carbocycles. The van der Waals surface area contributed by atoms with E-state index in [4.69, 9.17) is 5.11 Å². The second kappa shape index (κ2) is 16.4. The first kappa shape index (κ1) is 28.8. The topological polar surface area (TPSA) is 102 Å². The van der Waals surface area contributed by atoms with E-state index in [1.165, 1.54) is 24.5 Å². The Labute approximate surface area is 215 Å². The summed E-state index contributed by atoms with van der Waals surface area (Å²) in [6.45, 7) is 0. The number of aromatic carboxylic acids is 1. The van der Waals surface area contributed by atoms with E-state index >= 15 is 0 Å². The molecule has 0 aliphatic rings. The molecule has 9 heteroatoms. The number of rotatable bonds is 3. The van der Waals surface area contributed by atoms with Crippen molar-refractivity contribution in [3.8, 4) is 22.8 Å². The Hall–Kier alpha value is -4.20. The lowest BCUT2D eigenvalue weighted by Crippen LogP contribution is -1.94. The number of nitrogens with zero attached hydrogens (tertiary/aromatic N) is 5. The quantitative estimate of drug-likeness (QED) is 0.323. The van der Waals surface area contributed by atoms with Crippen molar-refractivity contribution in [3.05, 3.63) is 128 Å². The summed E-state index contributed by atoms with van der Waals surface area (Å²) in [6, 6.07) is 26.1. The summed E-state index contributed by atoms with van der Waals surface area (Å²) in [5, 5.41) is 8.36. The Morgan fingerprint density at radius 2 is 0.800 bits per heavy atom. The molecule has 0 saturated carbocycles. The fraction of sp³-hybridized carbons (Fsp3) is 0. The van der Waals surface area contributed by atoms with Crippen LogP contribution in [0.1, 0.15) is 10.4 Å². The molecule has 0 fully saturated rings. The summed E-state index contributed by atoms with van der Waals surface area (Å²) in [5.41, 5.74) is 3.93. The van der Waals surface area contributed by atoms with E-state index in [-0.39, 0.29) is 30.4 Å². The van der Waals surface area contributed by atoms with Crippen molar-refractivity contribution in [1.29, 1.82) is 0 Å². The molecule has 0 saturated heterocycles. The summed E-state index contributed by atoms with van der Waals surface area (Å²) in [5.74, 6) is -0.919. The van der Waals surface area contributed by atoms with Gasteiger partial charge in [0.2, 0.25) is 0 Å². The summed E-state index contributed by atoms with van der Waals surface area (Å²) in [6.07, 6.45) is 9.97. The van der Waals surface area contributed by atoms with Crippen molar-refractivity contribution in [2.24, 2.45) is 0 Å². The molecule has 5 aromatic heterocycles. The molecule has 5 heterocycles. The normalized spacial score (nSPS) is 8.91. The van der Waals surface area contributed by atoms with Gasteiger partial charge in [0, 0.05) is 37.2 Å². The Kier molecular flexibility index (Phi) is 13.5. The van der Waals surface area contributed by atoms with Crippen LogP contribution in [0.4, 0.5) is 0 Å². The molecular weight excluding hydrogens is 485 g/mol. The number of carbonyl (C=O) groups is 1. The molecule has 0 atom stereocenters. The highest BCUT2D eigenvalue weighted by Gasteiger charge is 1.98. The van der Waals surface area contributed by atoms with Gasteiger partial charge in [-0.3, -0.25) is 24.9 Å². The minimum Gasteiger partial charge on any atom is -0.478 e. The maximum absolute atomic E-state index is 10.2. The van der Waals surface area contributed by atoms with Crippen molar-refractivity contribution in [3.63, 3.8) is 0 Å². The lowest BCUT2D eigenvalue weighted by Gasteiger charge is -1.96. The van der Waals surface area contributed by atoms with Gasteiger partial charge in [0.15, 0.2) is 0 Å². The van der Waals surface area contributed by atoms with Crippen LogP contribution in [-0.4, -0.2) is 36.0 Å². The minimum absolute atomic E-state index is 0. The number of hydrogen-bond donors (Lipinski definition) is 1. The van der Waals surface area contributed by atoms with E-state index in [1.807, 2.05) is 72.8 Å². The molecule has 0 unspecified atom stereocenters. The van der Waals surface area contributed by atoms with Gasteiger partial charge in [-0.15, -0.1) is 24.8 Å². The zero-order chi connectivity index (χ0) is 23.1. The van der Waals surface area contributed by atoms with Gasteiger partial charge in [-0.1, -0.05) is 24.3 Å². The Morgan fingerprint density at radius 3 is 1.00 bits per heavy atom. The van der Waals surface area contributed by atoms with Crippen LogP contribution in [-0.2, 0) is 0 Å². The first-order valence-electron chi connectivity index (χ1n) is 10.0. The van der Waals surface area contributed by atoms with Crippen LogP contribution in [0.15, 0.2) is 122 Å². The van der Waals surface area contributed by atoms with Gasteiger partial charge in [-0.05, 0) is 60.7 Å². The van der Waals surface area contributed by atoms with Crippen LogP contribution in [0.2, 0.25) is 0 Å². The molecule has 178 valence electrons. The largest absolute Gasteiger partial charge is 0.478 e. The third-order valence-electron chi connectivity index (χ3n) is 4.11. The van der Waals surface area contributed by atoms with Crippen LogP contribution in [0.3, 0.4) is 0 Å². The molecule has 0 aliphatic heterocycles. The summed E-state index contributed by atoms with van der Waals surface area (Å²) >= 11 is 0. The van der Waals surface area contributed by atoms with Crippen LogP contribution in [0.25, 0.3) is 22.8 Å². The zero-order valence-corrected chi connectivity index (χ0v) is 20.1. The Balaban J connectivity index is 0.000000258. The van der Waals surface area contributed by atoms with Gasteiger partial charge in [0.25, 0.3) is 0 Å². The number of halogens is 2. The SMILES string of the molecule is Cl.Cl.O=C(O)c1ccncc1.c1ccc(-c2ccccn2)nc1.c1ccc(-c2ccccn2)nc1. The van der Waals surface area contributed by atoms with Gasteiger partial charge >= 0.3 is 5.97 Å². The molecule has 5 aromatic rings. The molecule has 5 rings (SSSR count). The van der Waals surface area contributed by atoms with Gasteiger partial charge in [0.1, 0.15) is 0 Å². The van der Waals surface area contributed by atoms with Gasteiger partial charge < -0.3 is 5.11 Å². The highest BCUT2D eigenvalue weighted by Crippen LogP contribution is 2.11. The predicted octanol–water partition coefficient (Wildman–Crippen LogP) is 5.91. The molecule has 0 amide bonds. The maximum atomic E-state index is 10.2. The average molecular weight is 508 g/mol. The molecule has 0 spiro atoms. The number of hydrogen-bond acceptors (Lipinski definition) is 6. The fourth-order valence-electron chi connectivity index (χ4n) is 2.55. The van der Waals surface area contributed by atoms with Crippen LogP contribution < -0.4 is 0 Å². The van der Waals surface area contributed by atoms with E-state index in [0.29, 0.717) is 0 Å². The van der Waals surface area contributed by atoms with E-state index in [2.05, 4.69) is 24.9 Å². The van der Waals surface area contributed by atoms with Crippen molar-refractivity contribution in [1.82, 2.24) is 24.9 Å². The maximum Gasteiger partial charge on any atom is 0.335 e. The van der Waals surface area contributed by atoms with Crippen LogP contribution in [0.5, 0.6) is 0 Å². The second-order valence-electron chi connectivity index (χ2n) is 6.40. The van der Waals surface area contributed by atoms with Gasteiger partial charge in [-0.25, -0.2) is 4.79 Å². The van der Waals surface area contributed by atoms with E-state index in [0.717, 1.165) is 22.8 Å². The van der Waals surface area contributed by atoms with Gasteiger partial charge in [0.05, 0.1) is 28.3 Å². The molecule has 0 radical (unpaired) electrons. The third kappa shape index (κ3) is 10.1. The highest BCUT2D eigenvalue weighted by molar-refractivity contribution is 5.87. The van der Waals surface area contributed by atoms with Crippen molar-refractivity contribution < 1.29 is 9.90 Å². The van der Waals surface area contributed by atoms with Crippen LogP contribution in [0, 0.1) is 0 Å². The minimum atomic E-state index is -0.919. The van der Waals surface area contributed by atoms with Crippen molar-refractivity contribution in [2.75, 3.05) is 0 Å². The molecule has 7 nitrogen and oxygen atoms in total. The first-order valence-corrected chi connectivity index (χ1v) is 10.0. The summed E-state index contributed by atoms with van der Waals surface area (Å²) < 4.78 is 0. The highest BCUT2D eigenvalue weighted by atomic mass is 35.5. The monoisotopic (exact) mass is 507 g/mol. The lowest BCUT2D eigenvalue weighted by molar-refractivity contribution is 0.0696. The third-order valence-corrected chi connectivity index (χ3v) is 4.11. The molecule has 35 heavy (non-hydrogen) atoms. The second-order valence-corrected chi connectivity index (χ2v) is 6.40. The van der Waals surface area contributed by atoms with Crippen molar-refractivity contribution >= 4 is 30.8 Å². The molecule has 0 aliphatic carbocycles. The smallest absolute Gasteiger partial charge is 0.335 e. The average Bonchev–Trinajstić information content (AvgIpc) is 2.92. The van der Waals surface area contributed by atoms with E-state index in [1.54, 1.807) is 24.8 Å². The summed E-state index contributed by atoms with van der Waals surface area (Å²) in [4.78, 5) is 30.6. The van der Waals surface area contributed by atoms with Crippen LogP contribution >= 0.6 is 24.8 Å². The number of carboxylic acid groups (broad SMARTS) is 1. The Bertz CT molecular complexity index is 1070. The Morgan fingerprint density at radius 1 is 0.486 bits per heavy atom. The number of pyridine rings is 5. The lowest BCUT2D eigenvalue weighted by atomic mass is 10.2. The number of aromatic nitrogens is 5. The number of carboxylic acids is 1. The fourth-order valence-corrected chi connectivity index (χ4v) is 2.55. The standard InChI is InChI=1S/2C10H8N2.C6H5NO2.2ClH/c2*1-3-7-11-9(5-1)10-6-2-4-8-12-10;8-6(9)5-1-3-7-4-2-5;;/h2*1-8H;1-4H,(H,8,9);2*1H. The molecular formula is C26H23Cl2N5O2. The van der Waals surface area contributed by atoms with Crippen molar-refractivity contribution in [2.45, 2.75) is 0 Å². The first-order chi connectivity index (χ1) is 16.2. The predicted molar refractivity (Wildman–Crippen MR) is 141 cm³/mol. The van der Waals surface area contributed by atoms with E-state index in [9.17, 15) is 4.79 Å².